The first-order chi connectivity index (χ1) is 11.7. The summed E-state index contributed by atoms with van der Waals surface area (Å²) in [5.74, 6) is 1.00. The molecule has 0 aromatic heterocycles. The lowest BCUT2D eigenvalue weighted by molar-refractivity contribution is 0.0676. The molecule has 0 aliphatic carbocycles. The Hall–Kier alpha value is -2.37. The van der Waals surface area contributed by atoms with Crippen molar-refractivity contribution < 1.29 is 4.74 Å². The maximum absolute atomic E-state index is 6.17. The number of hydrogen-bond donors (Lipinski definition) is 1. The summed E-state index contributed by atoms with van der Waals surface area (Å²) >= 11 is 5.92. The number of halogens is 1. The molecule has 0 spiro atoms. The van der Waals surface area contributed by atoms with Crippen molar-refractivity contribution in [3.05, 3.63) is 65.2 Å². The minimum atomic E-state index is 0.410. The van der Waals surface area contributed by atoms with E-state index in [1.165, 1.54) is 0 Å². The zero-order valence-electron chi connectivity index (χ0n) is 13.2. The quantitative estimate of drug-likeness (QED) is 0.674. The van der Waals surface area contributed by atoms with Gasteiger partial charge in [-0.3, -0.25) is 0 Å². The number of nitrogens with two attached hydrogens (primary N) is 1. The molecular formula is C18H19ClN4O. The van der Waals surface area contributed by atoms with Gasteiger partial charge in [-0.2, -0.15) is 4.99 Å². The van der Waals surface area contributed by atoms with Crippen LogP contribution < -0.4 is 5.73 Å². The Morgan fingerprint density at radius 3 is 2.33 bits per heavy atom. The standard InChI is InChI=1S/C18H19ClN4O/c19-15-8-6-14(7-9-15)17(20)22-18(23-10-12-24-13-11-23)21-16-4-2-1-3-5-16/h1-9H,10-13H2,(H2,20,21,22). The average Bonchev–Trinajstić information content (AvgIpc) is 2.63. The Morgan fingerprint density at radius 2 is 1.67 bits per heavy atom. The van der Waals surface area contributed by atoms with E-state index in [0.717, 1.165) is 24.3 Å². The normalized spacial score (nSPS) is 16.3. The highest BCUT2D eigenvalue weighted by atomic mass is 35.5. The molecule has 1 aliphatic heterocycles. The van der Waals surface area contributed by atoms with Gasteiger partial charge in [0.05, 0.1) is 18.9 Å². The molecule has 5 nitrogen and oxygen atoms in total. The highest BCUT2D eigenvalue weighted by Crippen LogP contribution is 2.14. The van der Waals surface area contributed by atoms with Crippen molar-refractivity contribution in [3.8, 4) is 0 Å². The molecule has 0 amide bonds. The van der Waals surface area contributed by atoms with Crippen LogP contribution in [0.1, 0.15) is 5.56 Å². The molecule has 6 heteroatoms. The summed E-state index contributed by atoms with van der Waals surface area (Å²) in [6.45, 7) is 2.79. The molecule has 3 rings (SSSR count). The van der Waals surface area contributed by atoms with Crippen LogP contribution in [0, 0.1) is 0 Å². The van der Waals surface area contributed by atoms with Gasteiger partial charge in [-0.15, -0.1) is 0 Å². The molecule has 1 fully saturated rings. The van der Waals surface area contributed by atoms with Crippen LogP contribution in [0.4, 0.5) is 5.69 Å². The minimum absolute atomic E-state index is 0.410. The zero-order chi connectivity index (χ0) is 16.8. The second kappa shape index (κ2) is 7.95. The van der Waals surface area contributed by atoms with Gasteiger partial charge >= 0.3 is 0 Å². The Morgan fingerprint density at radius 1 is 1.00 bits per heavy atom. The molecule has 0 atom stereocenters. The monoisotopic (exact) mass is 342 g/mol. The van der Waals surface area contributed by atoms with Crippen LogP contribution in [0.25, 0.3) is 0 Å². The van der Waals surface area contributed by atoms with E-state index in [2.05, 4.69) is 14.9 Å². The molecule has 0 bridgehead atoms. The van der Waals surface area contributed by atoms with E-state index in [-0.39, 0.29) is 0 Å². The lowest BCUT2D eigenvalue weighted by Gasteiger charge is -2.27. The van der Waals surface area contributed by atoms with Gasteiger partial charge < -0.3 is 15.4 Å². The van der Waals surface area contributed by atoms with Gasteiger partial charge in [-0.25, -0.2) is 4.99 Å². The van der Waals surface area contributed by atoms with Crippen LogP contribution in [-0.4, -0.2) is 43.0 Å². The Balaban J connectivity index is 1.93. The highest BCUT2D eigenvalue weighted by Gasteiger charge is 2.15. The van der Waals surface area contributed by atoms with Crippen molar-refractivity contribution in [3.63, 3.8) is 0 Å². The summed E-state index contributed by atoms with van der Waals surface area (Å²) in [5, 5.41) is 0.665. The third kappa shape index (κ3) is 4.34. The summed E-state index contributed by atoms with van der Waals surface area (Å²) in [6.07, 6.45) is 0. The topological polar surface area (TPSA) is 63.2 Å². The molecule has 2 aromatic carbocycles. The maximum atomic E-state index is 6.17. The van der Waals surface area contributed by atoms with Crippen LogP contribution in [-0.2, 0) is 4.74 Å². The third-order valence-electron chi connectivity index (χ3n) is 3.64. The largest absolute Gasteiger partial charge is 0.383 e. The van der Waals surface area contributed by atoms with E-state index in [0.29, 0.717) is 30.0 Å². The summed E-state index contributed by atoms with van der Waals surface area (Å²) in [4.78, 5) is 11.3. The predicted molar refractivity (Wildman–Crippen MR) is 98.1 cm³/mol. The highest BCUT2D eigenvalue weighted by molar-refractivity contribution is 6.30. The number of amidine groups is 1. The Bertz CT molecular complexity index is 722. The van der Waals surface area contributed by atoms with E-state index in [9.17, 15) is 0 Å². The summed E-state index contributed by atoms with van der Waals surface area (Å²) in [6, 6.07) is 17.0. The first-order valence-corrected chi connectivity index (χ1v) is 8.17. The zero-order valence-corrected chi connectivity index (χ0v) is 14.0. The number of para-hydroxylation sites is 1. The average molecular weight is 343 g/mol. The van der Waals surface area contributed by atoms with Gasteiger partial charge in [-0.1, -0.05) is 29.8 Å². The second-order valence-electron chi connectivity index (χ2n) is 5.35. The van der Waals surface area contributed by atoms with Crippen LogP contribution in [0.15, 0.2) is 64.6 Å². The van der Waals surface area contributed by atoms with Crippen LogP contribution in [0.3, 0.4) is 0 Å². The fourth-order valence-electron chi connectivity index (χ4n) is 2.34. The van der Waals surface area contributed by atoms with Gasteiger partial charge in [0.2, 0.25) is 5.96 Å². The molecule has 1 saturated heterocycles. The van der Waals surface area contributed by atoms with E-state index in [1.54, 1.807) is 12.1 Å². The number of ether oxygens (including phenoxy) is 1. The second-order valence-corrected chi connectivity index (χ2v) is 5.79. The number of rotatable bonds is 2. The number of nitrogens with zero attached hydrogens (tertiary/aromatic N) is 3. The van der Waals surface area contributed by atoms with Crippen molar-refractivity contribution >= 4 is 29.1 Å². The lowest BCUT2D eigenvalue weighted by Crippen LogP contribution is -2.40. The molecule has 2 aromatic rings. The molecular weight excluding hydrogens is 324 g/mol. The molecule has 0 unspecified atom stereocenters. The van der Waals surface area contributed by atoms with E-state index in [4.69, 9.17) is 22.1 Å². The number of guanidine groups is 1. The van der Waals surface area contributed by atoms with Crippen molar-refractivity contribution in [2.45, 2.75) is 0 Å². The number of benzene rings is 2. The summed E-state index contributed by atoms with van der Waals surface area (Å²) in [7, 11) is 0. The van der Waals surface area contributed by atoms with Crippen molar-refractivity contribution in [2.24, 2.45) is 15.7 Å². The van der Waals surface area contributed by atoms with Gasteiger partial charge in [0.1, 0.15) is 5.84 Å². The summed E-state index contributed by atoms with van der Waals surface area (Å²) < 4.78 is 5.41. The predicted octanol–water partition coefficient (Wildman–Crippen LogP) is 3.07. The third-order valence-corrected chi connectivity index (χ3v) is 3.89. The van der Waals surface area contributed by atoms with Crippen LogP contribution >= 0.6 is 11.6 Å². The molecule has 1 aliphatic rings. The van der Waals surface area contributed by atoms with Gasteiger partial charge in [0.25, 0.3) is 0 Å². The SMILES string of the molecule is N/C(=N\C(=Nc1ccccc1)N1CCOCC1)c1ccc(Cl)cc1. The minimum Gasteiger partial charge on any atom is -0.383 e. The lowest BCUT2D eigenvalue weighted by atomic mass is 10.2. The van der Waals surface area contributed by atoms with Gasteiger partial charge in [-0.05, 0) is 36.4 Å². The molecule has 0 radical (unpaired) electrons. The van der Waals surface area contributed by atoms with Crippen molar-refractivity contribution in [1.82, 2.24) is 4.90 Å². The molecule has 1 heterocycles. The van der Waals surface area contributed by atoms with E-state index in [1.807, 2.05) is 42.5 Å². The summed E-state index contributed by atoms with van der Waals surface area (Å²) in [5.41, 5.74) is 7.83. The molecule has 2 N–H and O–H groups in total. The Kier molecular flexibility index (Phi) is 5.46. The van der Waals surface area contributed by atoms with Crippen molar-refractivity contribution in [1.29, 1.82) is 0 Å². The number of hydrogen-bond acceptors (Lipinski definition) is 2. The van der Waals surface area contributed by atoms with E-state index < -0.39 is 0 Å². The first kappa shape index (κ1) is 16.5. The van der Waals surface area contributed by atoms with Crippen molar-refractivity contribution in [2.75, 3.05) is 26.3 Å². The van der Waals surface area contributed by atoms with Gasteiger partial charge in [0, 0.05) is 23.7 Å². The van der Waals surface area contributed by atoms with E-state index >= 15 is 0 Å². The fourth-order valence-corrected chi connectivity index (χ4v) is 2.47. The fraction of sp³-hybridized carbons (Fsp3) is 0.222. The number of morpholine rings is 1. The van der Waals surface area contributed by atoms with Crippen LogP contribution in [0.5, 0.6) is 0 Å². The van der Waals surface area contributed by atoms with Crippen LogP contribution in [0.2, 0.25) is 5.02 Å². The maximum Gasteiger partial charge on any atom is 0.228 e. The molecule has 24 heavy (non-hydrogen) atoms. The smallest absolute Gasteiger partial charge is 0.228 e. The molecule has 124 valence electrons. The number of aliphatic imine (C=N–C) groups is 2. The van der Waals surface area contributed by atoms with Gasteiger partial charge in [0.15, 0.2) is 0 Å². The first-order valence-electron chi connectivity index (χ1n) is 7.79. The molecule has 0 saturated carbocycles. The Labute approximate surface area is 146 Å².